The van der Waals surface area contributed by atoms with E-state index in [-0.39, 0.29) is 5.92 Å². The lowest BCUT2D eigenvalue weighted by Gasteiger charge is -2.44. The highest BCUT2D eigenvalue weighted by molar-refractivity contribution is 5.12. The summed E-state index contributed by atoms with van der Waals surface area (Å²) in [4.78, 5) is 0. The molecule has 2 fully saturated rings. The predicted molar refractivity (Wildman–Crippen MR) is 55.3 cm³/mol. The van der Waals surface area contributed by atoms with Crippen molar-refractivity contribution in [1.82, 2.24) is 0 Å². The summed E-state index contributed by atoms with van der Waals surface area (Å²) >= 11 is 0. The van der Waals surface area contributed by atoms with Gasteiger partial charge in [-0.2, -0.15) is 13.2 Å². The minimum absolute atomic E-state index is 0.277. The minimum atomic E-state index is -4.67. The quantitative estimate of drug-likeness (QED) is 0.658. The van der Waals surface area contributed by atoms with E-state index in [0.717, 1.165) is 13.8 Å². The lowest BCUT2D eigenvalue weighted by atomic mass is 9.63. The molecule has 5 atom stereocenters. The molecule has 0 N–H and O–H groups in total. The van der Waals surface area contributed by atoms with E-state index in [1.54, 1.807) is 13.8 Å². The van der Waals surface area contributed by atoms with Gasteiger partial charge in [0.05, 0.1) is 17.4 Å². The van der Waals surface area contributed by atoms with Crippen LogP contribution in [0.5, 0.6) is 0 Å². The smallest absolute Gasteiger partial charge is 0.368 e. The van der Waals surface area contributed by atoms with E-state index in [4.69, 9.17) is 4.74 Å². The lowest BCUT2D eigenvalue weighted by Crippen LogP contribution is -2.56. The molecule has 0 spiro atoms. The Morgan fingerprint density at radius 3 is 1.89 bits per heavy atom. The molecule has 0 amide bonds. The number of ether oxygens (including phenoxy) is 1. The largest absolute Gasteiger partial charge is 0.394 e. The van der Waals surface area contributed by atoms with Gasteiger partial charge in [0, 0.05) is 0 Å². The van der Waals surface area contributed by atoms with Gasteiger partial charge in [0.15, 0.2) is 0 Å². The summed E-state index contributed by atoms with van der Waals surface area (Å²) in [6.45, 7) is 4.98. The van der Waals surface area contributed by atoms with Gasteiger partial charge in [0.2, 0.25) is 0 Å². The summed E-state index contributed by atoms with van der Waals surface area (Å²) in [6, 6.07) is 0. The lowest BCUT2D eigenvalue weighted by molar-refractivity contribution is -0.264. The normalized spacial score (nSPS) is 43.5. The molecular weight excluding hydrogens is 255 g/mol. The van der Waals surface area contributed by atoms with Crippen LogP contribution in [-0.4, -0.2) is 24.3 Å². The van der Waals surface area contributed by atoms with Crippen LogP contribution in [0.2, 0.25) is 0 Å². The van der Waals surface area contributed by atoms with E-state index in [1.165, 1.54) is 0 Å². The van der Waals surface area contributed by atoms with Crippen LogP contribution in [0.3, 0.4) is 0 Å². The third kappa shape index (κ3) is 1.53. The highest BCUT2D eigenvalue weighted by Gasteiger charge is 2.74. The maximum Gasteiger partial charge on any atom is 0.394 e. The number of hydrogen-bond acceptors (Lipinski definition) is 1. The van der Waals surface area contributed by atoms with Crippen molar-refractivity contribution in [2.24, 2.45) is 23.2 Å². The van der Waals surface area contributed by atoms with Crippen LogP contribution in [-0.2, 0) is 4.74 Å². The number of hydrogen-bond donors (Lipinski definition) is 0. The Morgan fingerprint density at radius 2 is 1.50 bits per heavy atom. The topological polar surface area (TPSA) is 9.23 Å². The van der Waals surface area contributed by atoms with E-state index < -0.39 is 41.6 Å². The third-order valence-corrected chi connectivity index (χ3v) is 4.76. The molecule has 2 rings (SSSR count). The van der Waals surface area contributed by atoms with Crippen LogP contribution in [0, 0.1) is 23.2 Å². The van der Waals surface area contributed by atoms with Crippen molar-refractivity contribution in [3.05, 3.63) is 0 Å². The molecule has 18 heavy (non-hydrogen) atoms. The van der Waals surface area contributed by atoms with Crippen molar-refractivity contribution in [1.29, 1.82) is 0 Å². The second-order valence-corrected chi connectivity index (χ2v) is 6.11. The number of alkyl halides is 5. The van der Waals surface area contributed by atoms with Crippen LogP contribution in [0.4, 0.5) is 22.0 Å². The Morgan fingerprint density at radius 1 is 1.00 bits per heavy atom. The van der Waals surface area contributed by atoms with Crippen molar-refractivity contribution < 1.29 is 26.7 Å². The molecule has 2 aliphatic rings. The maximum atomic E-state index is 14.1. The average molecular weight is 272 g/mol. The first-order valence-electron chi connectivity index (χ1n) is 6.02. The number of fused-ring (bicyclic) bond motifs is 2. The van der Waals surface area contributed by atoms with Crippen LogP contribution in [0.15, 0.2) is 0 Å². The summed E-state index contributed by atoms with van der Waals surface area (Å²) in [7, 11) is 0. The molecule has 0 saturated carbocycles. The Bertz CT molecular complexity index is 349. The predicted octanol–water partition coefficient (Wildman–Crippen LogP) is 3.88. The van der Waals surface area contributed by atoms with Crippen molar-refractivity contribution in [2.45, 2.75) is 52.0 Å². The van der Waals surface area contributed by atoms with Gasteiger partial charge in [-0.3, -0.25) is 0 Å². The SMILES string of the molecule is CC1C(C)C2OC1C(C(C)(C)C(F)(F)F)C2(F)F. The molecule has 2 bridgehead atoms. The van der Waals surface area contributed by atoms with E-state index in [9.17, 15) is 22.0 Å². The molecule has 0 aromatic rings. The van der Waals surface area contributed by atoms with Gasteiger partial charge in [0.25, 0.3) is 5.92 Å². The van der Waals surface area contributed by atoms with Gasteiger partial charge in [-0.1, -0.05) is 27.7 Å². The molecule has 0 aliphatic carbocycles. The van der Waals surface area contributed by atoms with Crippen molar-refractivity contribution in [3.8, 4) is 0 Å². The van der Waals surface area contributed by atoms with Crippen LogP contribution in [0.25, 0.3) is 0 Å². The molecule has 2 heterocycles. The standard InChI is InChI=1S/C12H17F5O/c1-5-6(2)9-11(13,14)8(7(5)18-9)10(3,4)12(15,16)17/h5-9H,1-4H3. The zero-order chi connectivity index (χ0) is 14.1. The maximum absolute atomic E-state index is 14.1. The number of rotatable bonds is 1. The Kier molecular flexibility index (Phi) is 2.79. The van der Waals surface area contributed by atoms with E-state index in [2.05, 4.69) is 0 Å². The summed E-state index contributed by atoms with van der Waals surface area (Å²) in [5.41, 5.74) is -2.45. The van der Waals surface area contributed by atoms with Gasteiger partial charge >= 0.3 is 6.18 Å². The van der Waals surface area contributed by atoms with Crippen molar-refractivity contribution in [2.75, 3.05) is 0 Å². The summed E-state index contributed by atoms with van der Waals surface area (Å²) in [6.07, 6.45) is -7.07. The zero-order valence-corrected chi connectivity index (χ0v) is 10.7. The third-order valence-electron chi connectivity index (χ3n) is 4.76. The molecule has 0 radical (unpaired) electrons. The second-order valence-electron chi connectivity index (χ2n) is 6.11. The Labute approximate surface area is 103 Å². The zero-order valence-electron chi connectivity index (χ0n) is 10.7. The number of halogens is 5. The fourth-order valence-electron chi connectivity index (χ4n) is 3.28. The summed E-state index contributed by atoms with van der Waals surface area (Å²) in [5.74, 6) is -5.91. The van der Waals surface area contributed by atoms with Gasteiger partial charge in [-0.15, -0.1) is 0 Å². The monoisotopic (exact) mass is 272 g/mol. The Hall–Kier alpha value is -0.390. The van der Waals surface area contributed by atoms with Crippen molar-refractivity contribution in [3.63, 3.8) is 0 Å². The molecule has 0 aromatic heterocycles. The molecular formula is C12H17F5O. The van der Waals surface area contributed by atoms with Crippen molar-refractivity contribution >= 4 is 0 Å². The first-order valence-corrected chi connectivity index (χ1v) is 6.02. The highest BCUT2D eigenvalue weighted by atomic mass is 19.4. The average Bonchev–Trinajstić information content (AvgIpc) is 2.59. The molecule has 0 aromatic carbocycles. The van der Waals surface area contributed by atoms with E-state index in [1.807, 2.05) is 0 Å². The highest BCUT2D eigenvalue weighted by Crippen LogP contribution is 2.62. The van der Waals surface area contributed by atoms with E-state index in [0.29, 0.717) is 0 Å². The second kappa shape index (κ2) is 3.58. The Balaban J connectivity index is 2.41. The molecule has 5 unspecified atom stereocenters. The van der Waals surface area contributed by atoms with Gasteiger partial charge in [-0.25, -0.2) is 8.78 Å². The van der Waals surface area contributed by atoms with Crippen LogP contribution >= 0.6 is 0 Å². The summed E-state index contributed by atoms with van der Waals surface area (Å²) in [5, 5.41) is 0. The molecule has 1 nitrogen and oxygen atoms in total. The first-order chi connectivity index (χ1) is 7.92. The fourth-order valence-corrected chi connectivity index (χ4v) is 3.28. The molecule has 106 valence electrons. The van der Waals surface area contributed by atoms with Gasteiger partial charge in [-0.05, 0) is 11.8 Å². The molecule has 6 heteroatoms. The van der Waals surface area contributed by atoms with Crippen LogP contribution in [0.1, 0.15) is 27.7 Å². The molecule has 2 saturated heterocycles. The minimum Gasteiger partial charge on any atom is -0.368 e. The first kappa shape index (κ1) is 14.0. The fraction of sp³-hybridized carbons (Fsp3) is 1.00. The van der Waals surface area contributed by atoms with Gasteiger partial charge in [0.1, 0.15) is 6.10 Å². The van der Waals surface area contributed by atoms with Gasteiger partial charge < -0.3 is 4.74 Å². The van der Waals surface area contributed by atoms with Crippen LogP contribution < -0.4 is 0 Å². The summed E-state index contributed by atoms with van der Waals surface area (Å²) < 4.78 is 72.4. The molecule has 2 aliphatic heterocycles. The van der Waals surface area contributed by atoms with E-state index >= 15 is 0 Å².